The summed E-state index contributed by atoms with van der Waals surface area (Å²) in [5.74, 6) is 0.791. The predicted molar refractivity (Wildman–Crippen MR) is 128 cm³/mol. The first kappa shape index (κ1) is 21.6. The Kier molecular flexibility index (Phi) is 6.98. The van der Waals surface area contributed by atoms with Crippen LogP contribution in [-0.2, 0) is 4.79 Å². The molecule has 0 bridgehead atoms. The molecule has 0 unspecified atom stereocenters. The third kappa shape index (κ3) is 5.98. The zero-order valence-electron chi connectivity index (χ0n) is 17.7. The van der Waals surface area contributed by atoms with Gasteiger partial charge in [-0.15, -0.1) is 0 Å². The molecular weight excluding hydrogens is 416 g/mol. The number of para-hydroxylation sites is 5. The van der Waals surface area contributed by atoms with E-state index in [9.17, 15) is 9.59 Å². The fraction of sp³-hybridized carbons (Fsp3) is 0.0370. The molecule has 0 saturated heterocycles. The number of benzene rings is 4. The van der Waals surface area contributed by atoms with Crippen LogP contribution in [0, 0.1) is 0 Å². The molecule has 2 N–H and O–H groups in total. The molecule has 0 fully saturated rings. The van der Waals surface area contributed by atoms with E-state index in [0.29, 0.717) is 34.2 Å². The first-order valence-corrected chi connectivity index (χ1v) is 10.4. The van der Waals surface area contributed by atoms with Crippen LogP contribution in [0.4, 0.5) is 11.4 Å². The van der Waals surface area contributed by atoms with Crippen LogP contribution in [0.3, 0.4) is 0 Å². The highest BCUT2D eigenvalue weighted by atomic mass is 16.5. The van der Waals surface area contributed by atoms with E-state index >= 15 is 0 Å². The highest BCUT2D eigenvalue weighted by Gasteiger charge is 2.14. The van der Waals surface area contributed by atoms with Crippen LogP contribution in [0.5, 0.6) is 17.2 Å². The van der Waals surface area contributed by atoms with E-state index in [1.54, 1.807) is 54.6 Å². The van der Waals surface area contributed by atoms with E-state index in [0.717, 1.165) is 0 Å². The molecule has 0 spiro atoms. The van der Waals surface area contributed by atoms with Gasteiger partial charge in [-0.1, -0.05) is 60.7 Å². The van der Waals surface area contributed by atoms with Crippen molar-refractivity contribution in [3.8, 4) is 17.2 Å². The average Bonchev–Trinajstić information content (AvgIpc) is 2.85. The van der Waals surface area contributed by atoms with E-state index in [-0.39, 0.29) is 18.4 Å². The molecule has 33 heavy (non-hydrogen) atoms. The van der Waals surface area contributed by atoms with Crippen LogP contribution < -0.4 is 20.1 Å². The van der Waals surface area contributed by atoms with E-state index in [4.69, 9.17) is 9.47 Å². The quantitative estimate of drug-likeness (QED) is 0.367. The molecule has 4 rings (SSSR count). The highest BCUT2D eigenvalue weighted by Crippen LogP contribution is 2.29. The maximum atomic E-state index is 12.7. The number of ether oxygens (including phenoxy) is 2. The summed E-state index contributed by atoms with van der Waals surface area (Å²) in [6.45, 7) is -0.269. The minimum atomic E-state index is -0.377. The molecule has 0 radical (unpaired) electrons. The van der Waals surface area contributed by atoms with Crippen molar-refractivity contribution >= 4 is 23.2 Å². The summed E-state index contributed by atoms with van der Waals surface area (Å²) in [7, 11) is 0. The summed E-state index contributed by atoms with van der Waals surface area (Å²) in [5, 5.41) is 5.62. The molecule has 6 heteroatoms. The van der Waals surface area contributed by atoms with Gasteiger partial charge in [0.25, 0.3) is 11.8 Å². The zero-order chi connectivity index (χ0) is 22.9. The topological polar surface area (TPSA) is 76.7 Å². The lowest BCUT2D eigenvalue weighted by atomic mass is 10.2. The average molecular weight is 438 g/mol. The Balaban J connectivity index is 1.40. The summed E-state index contributed by atoms with van der Waals surface area (Å²) in [6.07, 6.45) is 0. The number of amides is 2. The van der Waals surface area contributed by atoms with Gasteiger partial charge in [-0.2, -0.15) is 0 Å². The van der Waals surface area contributed by atoms with Gasteiger partial charge in [-0.05, 0) is 48.5 Å². The molecule has 0 atom stereocenters. The summed E-state index contributed by atoms with van der Waals surface area (Å²) in [6, 6.07) is 32.4. The molecule has 4 aromatic carbocycles. The molecule has 0 aromatic heterocycles. The highest BCUT2D eigenvalue weighted by molar-refractivity contribution is 6.06. The predicted octanol–water partition coefficient (Wildman–Crippen LogP) is 5.75. The van der Waals surface area contributed by atoms with E-state index in [1.165, 1.54) is 0 Å². The Morgan fingerprint density at radius 3 is 2.00 bits per heavy atom. The minimum Gasteiger partial charge on any atom is -0.483 e. The molecule has 2 amide bonds. The molecule has 164 valence electrons. The largest absolute Gasteiger partial charge is 0.483 e. The number of rotatable bonds is 8. The standard InChI is InChI=1S/C27H22N2O4/c30-26(29-23-16-8-10-18-25(23)33-21-13-5-2-6-14-21)19-32-24-17-9-7-15-22(24)27(31)28-20-11-3-1-4-12-20/h1-18H,19H2,(H,28,31)(H,29,30). The second kappa shape index (κ2) is 10.6. The summed E-state index contributed by atoms with van der Waals surface area (Å²) < 4.78 is 11.5. The van der Waals surface area contributed by atoms with Gasteiger partial charge in [0.1, 0.15) is 11.5 Å². The lowest BCUT2D eigenvalue weighted by Crippen LogP contribution is -2.22. The lowest BCUT2D eigenvalue weighted by Gasteiger charge is -2.14. The van der Waals surface area contributed by atoms with Crippen molar-refractivity contribution in [3.05, 3.63) is 115 Å². The van der Waals surface area contributed by atoms with Crippen molar-refractivity contribution in [2.45, 2.75) is 0 Å². The van der Waals surface area contributed by atoms with Gasteiger partial charge in [-0.25, -0.2) is 0 Å². The first-order valence-electron chi connectivity index (χ1n) is 10.4. The monoisotopic (exact) mass is 438 g/mol. The van der Waals surface area contributed by atoms with Crippen molar-refractivity contribution in [3.63, 3.8) is 0 Å². The van der Waals surface area contributed by atoms with E-state index < -0.39 is 0 Å². The van der Waals surface area contributed by atoms with E-state index in [1.807, 2.05) is 54.6 Å². The van der Waals surface area contributed by atoms with Gasteiger partial charge in [0.2, 0.25) is 0 Å². The van der Waals surface area contributed by atoms with Crippen molar-refractivity contribution in [2.75, 3.05) is 17.2 Å². The zero-order valence-corrected chi connectivity index (χ0v) is 17.7. The van der Waals surface area contributed by atoms with Gasteiger partial charge in [0.15, 0.2) is 12.4 Å². The van der Waals surface area contributed by atoms with Gasteiger partial charge in [0.05, 0.1) is 11.3 Å². The van der Waals surface area contributed by atoms with Crippen LogP contribution in [0.15, 0.2) is 109 Å². The number of anilines is 2. The molecule has 0 aliphatic rings. The summed E-state index contributed by atoms with van der Waals surface area (Å²) in [4.78, 5) is 25.3. The number of hydrogen-bond acceptors (Lipinski definition) is 4. The molecule has 0 saturated carbocycles. The molecular formula is C27H22N2O4. The van der Waals surface area contributed by atoms with Crippen LogP contribution in [-0.4, -0.2) is 18.4 Å². The van der Waals surface area contributed by atoms with Crippen LogP contribution in [0.2, 0.25) is 0 Å². The molecule has 0 aliphatic carbocycles. The number of carbonyl (C=O) groups excluding carboxylic acids is 2. The third-order valence-electron chi connectivity index (χ3n) is 4.65. The maximum Gasteiger partial charge on any atom is 0.262 e. The van der Waals surface area contributed by atoms with Gasteiger partial charge in [-0.3, -0.25) is 9.59 Å². The maximum absolute atomic E-state index is 12.7. The van der Waals surface area contributed by atoms with Crippen LogP contribution >= 0.6 is 0 Å². The number of nitrogens with one attached hydrogen (secondary N) is 2. The Hall–Kier alpha value is -4.58. The minimum absolute atomic E-state index is 0.269. The third-order valence-corrected chi connectivity index (χ3v) is 4.65. The van der Waals surface area contributed by atoms with Gasteiger partial charge in [0, 0.05) is 5.69 Å². The SMILES string of the molecule is O=C(COc1ccccc1C(=O)Nc1ccccc1)Nc1ccccc1Oc1ccccc1. The van der Waals surface area contributed by atoms with Gasteiger partial charge >= 0.3 is 0 Å². The Morgan fingerprint density at radius 2 is 1.24 bits per heavy atom. The van der Waals surface area contributed by atoms with Crippen molar-refractivity contribution in [1.82, 2.24) is 0 Å². The van der Waals surface area contributed by atoms with Crippen molar-refractivity contribution in [1.29, 1.82) is 0 Å². The Morgan fingerprint density at radius 1 is 0.636 bits per heavy atom. The number of carbonyl (C=O) groups is 2. The van der Waals surface area contributed by atoms with Crippen LogP contribution in [0.25, 0.3) is 0 Å². The Labute approximate surface area is 191 Å². The molecule has 4 aromatic rings. The lowest BCUT2D eigenvalue weighted by molar-refractivity contribution is -0.118. The van der Waals surface area contributed by atoms with Crippen molar-refractivity contribution in [2.24, 2.45) is 0 Å². The summed E-state index contributed by atoms with van der Waals surface area (Å²) in [5.41, 5.74) is 1.53. The molecule has 0 aliphatic heterocycles. The summed E-state index contributed by atoms with van der Waals surface area (Å²) >= 11 is 0. The van der Waals surface area contributed by atoms with Gasteiger partial charge < -0.3 is 20.1 Å². The molecule has 0 heterocycles. The van der Waals surface area contributed by atoms with Crippen molar-refractivity contribution < 1.29 is 19.1 Å². The second-order valence-corrected chi connectivity index (χ2v) is 7.06. The second-order valence-electron chi connectivity index (χ2n) is 7.06. The fourth-order valence-electron chi connectivity index (χ4n) is 3.10. The normalized spacial score (nSPS) is 10.2. The Bertz CT molecular complexity index is 1230. The fourth-order valence-corrected chi connectivity index (χ4v) is 3.10. The van der Waals surface area contributed by atoms with Crippen LogP contribution in [0.1, 0.15) is 10.4 Å². The smallest absolute Gasteiger partial charge is 0.262 e. The van der Waals surface area contributed by atoms with E-state index in [2.05, 4.69) is 10.6 Å². The first-order chi connectivity index (χ1) is 16.2. The number of hydrogen-bond donors (Lipinski definition) is 2. The molecule has 6 nitrogen and oxygen atoms in total.